The van der Waals surface area contributed by atoms with Crippen molar-refractivity contribution in [2.75, 3.05) is 0 Å². The van der Waals surface area contributed by atoms with Gasteiger partial charge in [0.1, 0.15) is 24.7 Å². The standard InChI is InChI=1S/C27H23N3O5/c31-26(32)17-30-35-27(20-7-11-24(12-8-20)33-18-22-5-1-3-15-28-22)21-9-13-25(14-10-21)34-19-23-6-2-4-16-29-23/h1-17,27H,18-19H2,(H,31,32)/b30-17+. The predicted molar refractivity (Wildman–Crippen MR) is 129 cm³/mol. The van der Waals surface area contributed by atoms with Crippen molar-refractivity contribution in [2.24, 2.45) is 5.16 Å². The third kappa shape index (κ3) is 7.13. The summed E-state index contributed by atoms with van der Waals surface area (Å²) in [5, 5.41) is 12.5. The maximum atomic E-state index is 10.8. The molecule has 0 aliphatic carbocycles. The third-order valence-corrected chi connectivity index (χ3v) is 4.92. The fourth-order valence-electron chi connectivity index (χ4n) is 3.21. The number of hydrogen-bond donors (Lipinski definition) is 1. The van der Waals surface area contributed by atoms with Gasteiger partial charge in [0.25, 0.3) is 0 Å². The number of carboxylic acid groups (broad SMARTS) is 1. The van der Waals surface area contributed by atoms with Crippen molar-refractivity contribution in [3.63, 3.8) is 0 Å². The first kappa shape index (κ1) is 23.4. The van der Waals surface area contributed by atoms with Gasteiger partial charge in [0.05, 0.1) is 11.4 Å². The molecule has 2 heterocycles. The summed E-state index contributed by atoms with van der Waals surface area (Å²) in [7, 11) is 0. The molecule has 0 unspecified atom stereocenters. The van der Waals surface area contributed by atoms with Crippen molar-refractivity contribution in [2.45, 2.75) is 19.3 Å². The zero-order chi connectivity index (χ0) is 24.3. The van der Waals surface area contributed by atoms with Gasteiger partial charge in [-0.1, -0.05) is 41.6 Å². The molecule has 0 bridgehead atoms. The Morgan fingerprint density at radius 2 is 1.26 bits per heavy atom. The maximum Gasteiger partial charge on any atom is 0.350 e. The second kappa shape index (κ2) is 11.9. The first-order chi connectivity index (χ1) is 17.2. The molecule has 0 spiro atoms. The van der Waals surface area contributed by atoms with E-state index in [2.05, 4.69) is 15.1 Å². The van der Waals surface area contributed by atoms with Crippen LogP contribution >= 0.6 is 0 Å². The van der Waals surface area contributed by atoms with Gasteiger partial charge in [-0.3, -0.25) is 9.97 Å². The van der Waals surface area contributed by atoms with E-state index in [1.165, 1.54) is 0 Å². The fourth-order valence-corrected chi connectivity index (χ4v) is 3.21. The number of pyridine rings is 2. The number of ether oxygens (including phenoxy) is 2. The van der Waals surface area contributed by atoms with Gasteiger partial charge in [0.2, 0.25) is 0 Å². The Morgan fingerprint density at radius 1 is 0.771 bits per heavy atom. The summed E-state index contributed by atoms with van der Waals surface area (Å²) in [4.78, 5) is 24.9. The van der Waals surface area contributed by atoms with Crippen LogP contribution in [0, 0.1) is 0 Å². The highest BCUT2D eigenvalue weighted by atomic mass is 16.6. The number of carbonyl (C=O) groups is 1. The van der Waals surface area contributed by atoms with Crippen molar-refractivity contribution in [3.05, 3.63) is 120 Å². The first-order valence-electron chi connectivity index (χ1n) is 10.8. The molecule has 1 N–H and O–H groups in total. The van der Waals surface area contributed by atoms with E-state index in [0.717, 1.165) is 22.5 Å². The number of aromatic nitrogens is 2. The van der Waals surface area contributed by atoms with E-state index in [1.54, 1.807) is 12.4 Å². The van der Waals surface area contributed by atoms with Crippen molar-refractivity contribution in [3.8, 4) is 11.5 Å². The molecular weight excluding hydrogens is 446 g/mol. The molecular formula is C27H23N3O5. The molecule has 0 amide bonds. The van der Waals surface area contributed by atoms with Crippen molar-refractivity contribution >= 4 is 12.2 Å². The Morgan fingerprint density at radius 3 is 1.66 bits per heavy atom. The number of aliphatic carboxylic acids is 1. The Balaban J connectivity index is 1.45. The molecule has 4 rings (SSSR count). The lowest BCUT2D eigenvalue weighted by molar-refractivity contribution is -0.129. The second-order valence-corrected chi connectivity index (χ2v) is 7.42. The van der Waals surface area contributed by atoms with E-state index >= 15 is 0 Å². The minimum atomic E-state index is -1.19. The minimum Gasteiger partial charge on any atom is -0.487 e. The Hall–Kier alpha value is -4.72. The van der Waals surface area contributed by atoms with Crippen LogP contribution in [0.25, 0.3) is 0 Å². The summed E-state index contributed by atoms with van der Waals surface area (Å²) < 4.78 is 11.6. The molecule has 0 aliphatic heterocycles. The molecule has 2 aromatic heterocycles. The number of carboxylic acids is 1. The zero-order valence-electron chi connectivity index (χ0n) is 18.7. The molecule has 0 saturated carbocycles. The number of rotatable bonds is 11. The van der Waals surface area contributed by atoms with Gasteiger partial charge >= 0.3 is 5.97 Å². The highest BCUT2D eigenvalue weighted by molar-refractivity contribution is 6.21. The molecule has 0 radical (unpaired) electrons. The molecule has 35 heavy (non-hydrogen) atoms. The predicted octanol–water partition coefficient (Wildman–Crippen LogP) is 4.81. The lowest BCUT2D eigenvalue weighted by Crippen LogP contribution is -2.05. The molecule has 2 aromatic carbocycles. The molecule has 8 nitrogen and oxygen atoms in total. The zero-order valence-corrected chi connectivity index (χ0v) is 18.7. The summed E-state index contributed by atoms with van der Waals surface area (Å²) in [6.45, 7) is 0.700. The molecule has 0 aliphatic rings. The number of oxime groups is 1. The Bertz CT molecular complexity index is 1140. The van der Waals surface area contributed by atoms with Gasteiger partial charge < -0.3 is 19.4 Å². The smallest absolute Gasteiger partial charge is 0.350 e. The van der Waals surface area contributed by atoms with Crippen LogP contribution in [0.1, 0.15) is 28.6 Å². The Labute approximate surface area is 202 Å². The van der Waals surface area contributed by atoms with Crippen molar-refractivity contribution in [1.82, 2.24) is 9.97 Å². The maximum absolute atomic E-state index is 10.8. The lowest BCUT2D eigenvalue weighted by Gasteiger charge is -2.17. The van der Waals surface area contributed by atoms with Crippen molar-refractivity contribution < 1.29 is 24.2 Å². The lowest BCUT2D eigenvalue weighted by atomic mass is 10.0. The minimum absolute atomic E-state index is 0.350. The summed E-state index contributed by atoms with van der Waals surface area (Å²) in [5.41, 5.74) is 3.21. The SMILES string of the molecule is O=C(O)/C=N/OC(c1ccc(OCc2ccccn2)cc1)c1ccc(OCc2ccccn2)cc1. The summed E-state index contributed by atoms with van der Waals surface area (Å²) in [6.07, 6.45) is 3.52. The quantitative estimate of drug-likeness (QED) is 0.248. The second-order valence-electron chi connectivity index (χ2n) is 7.42. The van der Waals surface area contributed by atoms with Crippen LogP contribution < -0.4 is 9.47 Å². The fraction of sp³-hybridized carbons (Fsp3) is 0.111. The normalized spacial score (nSPS) is 10.9. The molecule has 0 fully saturated rings. The van der Waals surface area contributed by atoms with Crippen LogP contribution in [0.4, 0.5) is 0 Å². The van der Waals surface area contributed by atoms with Gasteiger partial charge in [-0.25, -0.2) is 4.79 Å². The first-order valence-corrected chi connectivity index (χ1v) is 10.8. The van der Waals surface area contributed by atoms with Gasteiger partial charge in [-0.2, -0.15) is 0 Å². The van der Waals surface area contributed by atoms with Gasteiger partial charge in [-0.15, -0.1) is 0 Å². The summed E-state index contributed by atoms with van der Waals surface area (Å²) in [6, 6.07) is 26.0. The molecule has 8 heteroatoms. The van der Waals surface area contributed by atoms with E-state index in [-0.39, 0.29) is 0 Å². The molecule has 0 saturated heterocycles. The number of nitrogens with zero attached hydrogens (tertiary/aromatic N) is 3. The van der Waals surface area contributed by atoms with Crippen LogP contribution in [0.15, 0.2) is 102 Å². The number of benzene rings is 2. The van der Waals surface area contributed by atoms with Gasteiger partial charge in [0, 0.05) is 12.4 Å². The Kier molecular flexibility index (Phi) is 8.00. The highest BCUT2D eigenvalue weighted by Gasteiger charge is 2.17. The van der Waals surface area contributed by atoms with E-state index in [4.69, 9.17) is 19.4 Å². The van der Waals surface area contributed by atoms with E-state index in [0.29, 0.717) is 30.9 Å². The van der Waals surface area contributed by atoms with E-state index < -0.39 is 12.1 Å². The van der Waals surface area contributed by atoms with Gasteiger partial charge in [0.15, 0.2) is 12.3 Å². The van der Waals surface area contributed by atoms with Crippen LogP contribution in [0.5, 0.6) is 11.5 Å². The third-order valence-electron chi connectivity index (χ3n) is 4.92. The molecule has 0 atom stereocenters. The summed E-state index contributed by atoms with van der Waals surface area (Å²) in [5.74, 6) is 0.149. The largest absolute Gasteiger partial charge is 0.487 e. The van der Waals surface area contributed by atoms with Crippen LogP contribution in [0.3, 0.4) is 0 Å². The molecule has 4 aromatic rings. The van der Waals surface area contributed by atoms with Crippen LogP contribution in [0.2, 0.25) is 0 Å². The monoisotopic (exact) mass is 469 g/mol. The van der Waals surface area contributed by atoms with Crippen LogP contribution in [-0.2, 0) is 22.8 Å². The van der Waals surface area contributed by atoms with Crippen LogP contribution in [-0.4, -0.2) is 27.3 Å². The number of hydrogen-bond acceptors (Lipinski definition) is 7. The van der Waals surface area contributed by atoms with Gasteiger partial charge in [-0.05, 0) is 59.7 Å². The summed E-state index contributed by atoms with van der Waals surface area (Å²) >= 11 is 0. The average molecular weight is 469 g/mol. The molecule has 176 valence electrons. The van der Waals surface area contributed by atoms with Crippen molar-refractivity contribution in [1.29, 1.82) is 0 Å². The highest BCUT2D eigenvalue weighted by Crippen LogP contribution is 2.29. The van der Waals surface area contributed by atoms with E-state index in [9.17, 15) is 4.79 Å². The topological polar surface area (TPSA) is 103 Å². The van der Waals surface area contributed by atoms with E-state index in [1.807, 2.05) is 84.9 Å². The average Bonchev–Trinajstić information content (AvgIpc) is 2.91.